The molecule has 1 aromatic rings. The second-order valence-corrected chi connectivity index (χ2v) is 4.97. The number of rotatable bonds is 5. The van der Waals surface area contributed by atoms with Crippen LogP contribution < -0.4 is 0 Å². The first-order valence-corrected chi connectivity index (χ1v) is 7.03. The molecule has 1 aliphatic heterocycles. The highest BCUT2D eigenvalue weighted by atomic mass is 16.6. The first kappa shape index (κ1) is 16.0. The van der Waals surface area contributed by atoms with Crippen molar-refractivity contribution in [1.29, 1.82) is 0 Å². The monoisotopic (exact) mass is 299 g/mol. The molecule has 1 aliphatic rings. The van der Waals surface area contributed by atoms with Crippen LogP contribution in [0.5, 0.6) is 0 Å². The van der Waals surface area contributed by atoms with Gasteiger partial charge in [-0.2, -0.15) is 0 Å². The molecule has 0 aliphatic carbocycles. The molecule has 1 aromatic heterocycles. The van der Waals surface area contributed by atoms with E-state index in [9.17, 15) is 15.0 Å². The smallest absolute Gasteiger partial charge is 0.257 e. The Bertz CT molecular complexity index is 484. The van der Waals surface area contributed by atoms with Gasteiger partial charge in [0.2, 0.25) is 0 Å². The van der Waals surface area contributed by atoms with Gasteiger partial charge in [0, 0.05) is 13.1 Å². The van der Waals surface area contributed by atoms with Crippen molar-refractivity contribution in [2.45, 2.75) is 38.3 Å². The summed E-state index contributed by atoms with van der Waals surface area (Å²) in [6.07, 6.45) is -2.84. The molecule has 21 heavy (non-hydrogen) atoms. The lowest BCUT2D eigenvalue weighted by Crippen LogP contribution is -2.32. The topological polar surface area (TPSA) is 103 Å². The van der Waals surface area contributed by atoms with Gasteiger partial charge in [-0.15, -0.1) is 0 Å². The number of nitrogens with zero attached hydrogens (tertiary/aromatic N) is 1. The van der Waals surface area contributed by atoms with Crippen molar-refractivity contribution in [3.63, 3.8) is 0 Å². The third kappa shape index (κ3) is 2.96. The molecule has 2 rings (SSSR count). The second-order valence-electron chi connectivity index (χ2n) is 4.97. The Hall–Kier alpha value is -1.41. The predicted octanol–water partition coefficient (Wildman–Crippen LogP) is -0.0844. The lowest BCUT2D eigenvalue weighted by atomic mass is 10.1. The summed E-state index contributed by atoms with van der Waals surface area (Å²) in [4.78, 5) is 13.8. The van der Waals surface area contributed by atoms with Crippen LogP contribution in [0, 0.1) is 0 Å². The fraction of sp³-hybridized carbons (Fsp3) is 0.643. The van der Waals surface area contributed by atoms with Crippen LogP contribution in [-0.2, 0) is 4.74 Å². The molecule has 4 atom stereocenters. The standard InChI is InChI=1S/C14H21NO6/c1-3-15(4-2)14(19)8-5-9(20-7-8)13-12(18)11(17)10(6-16)21-13/h5,7,10-13,16-18H,3-4,6H2,1-2H3/t10-,11-,12-,13+/m1/s1. The summed E-state index contributed by atoms with van der Waals surface area (Å²) in [5.74, 6) is 0.0924. The molecule has 0 saturated carbocycles. The highest BCUT2D eigenvalue weighted by Gasteiger charge is 2.44. The zero-order valence-corrected chi connectivity index (χ0v) is 12.1. The van der Waals surface area contributed by atoms with Crippen LogP contribution in [0.4, 0.5) is 0 Å². The van der Waals surface area contributed by atoms with Crippen LogP contribution in [0.3, 0.4) is 0 Å². The average Bonchev–Trinajstić information content (AvgIpc) is 3.07. The molecule has 0 spiro atoms. The maximum absolute atomic E-state index is 12.2. The zero-order valence-electron chi connectivity index (χ0n) is 12.1. The largest absolute Gasteiger partial charge is 0.466 e. The normalized spacial score (nSPS) is 28.8. The summed E-state index contributed by atoms with van der Waals surface area (Å²) in [6, 6.07) is 1.50. The van der Waals surface area contributed by atoms with Crippen LogP contribution in [0.25, 0.3) is 0 Å². The third-order valence-electron chi connectivity index (χ3n) is 3.74. The fourth-order valence-corrected chi connectivity index (χ4v) is 2.44. The summed E-state index contributed by atoms with van der Waals surface area (Å²) in [6.45, 7) is 4.54. The van der Waals surface area contributed by atoms with Crippen LogP contribution in [-0.4, -0.2) is 64.1 Å². The molecule has 0 radical (unpaired) electrons. The van der Waals surface area contributed by atoms with Crippen molar-refractivity contribution in [2.24, 2.45) is 0 Å². The van der Waals surface area contributed by atoms with Crippen molar-refractivity contribution < 1.29 is 29.3 Å². The number of amides is 1. The minimum absolute atomic E-state index is 0.165. The highest BCUT2D eigenvalue weighted by Crippen LogP contribution is 2.34. The molecule has 0 aromatic carbocycles. The summed E-state index contributed by atoms with van der Waals surface area (Å²) in [5, 5.41) is 28.7. The molecule has 1 saturated heterocycles. The van der Waals surface area contributed by atoms with E-state index in [1.807, 2.05) is 13.8 Å². The summed E-state index contributed by atoms with van der Waals surface area (Å²) >= 11 is 0. The number of carbonyl (C=O) groups excluding carboxylic acids is 1. The Morgan fingerprint density at radius 1 is 1.29 bits per heavy atom. The molecule has 7 heteroatoms. The van der Waals surface area contributed by atoms with E-state index in [2.05, 4.69) is 0 Å². The van der Waals surface area contributed by atoms with E-state index >= 15 is 0 Å². The Morgan fingerprint density at radius 3 is 2.48 bits per heavy atom. The van der Waals surface area contributed by atoms with Crippen molar-refractivity contribution in [3.05, 3.63) is 23.7 Å². The second kappa shape index (κ2) is 6.57. The van der Waals surface area contributed by atoms with Crippen LogP contribution >= 0.6 is 0 Å². The van der Waals surface area contributed by atoms with E-state index in [0.717, 1.165) is 0 Å². The van der Waals surface area contributed by atoms with Gasteiger partial charge in [-0.1, -0.05) is 0 Å². The van der Waals surface area contributed by atoms with Gasteiger partial charge in [0.1, 0.15) is 36.4 Å². The molecular weight excluding hydrogens is 278 g/mol. The summed E-state index contributed by atoms with van der Waals surface area (Å²) in [5.41, 5.74) is 0.367. The van der Waals surface area contributed by atoms with Gasteiger partial charge in [-0.05, 0) is 19.9 Å². The van der Waals surface area contributed by atoms with Gasteiger partial charge in [0.15, 0.2) is 0 Å². The molecular formula is C14H21NO6. The zero-order chi connectivity index (χ0) is 15.6. The van der Waals surface area contributed by atoms with Crippen LogP contribution in [0.2, 0.25) is 0 Å². The van der Waals surface area contributed by atoms with Gasteiger partial charge < -0.3 is 29.4 Å². The highest BCUT2D eigenvalue weighted by molar-refractivity contribution is 5.94. The molecule has 118 valence electrons. The minimum Gasteiger partial charge on any atom is -0.466 e. The quantitative estimate of drug-likeness (QED) is 0.702. The van der Waals surface area contributed by atoms with E-state index in [4.69, 9.17) is 14.3 Å². The number of ether oxygens (including phenoxy) is 1. The number of furan rings is 1. The van der Waals surface area contributed by atoms with Gasteiger partial charge >= 0.3 is 0 Å². The van der Waals surface area contributed by atoms with Crippen molar-refractivity contribution in [3.8, 4) is 0 Å². The van der Waals surface area contributed by atoms with E-state index in [0.29, 0.717) is 18.7 Å². The number of hydrogen-bond acceptors (Lipinski definition) is 6. The average molecular weight is 299 g/mol. The Balaban J connectivity index is 2.15. The van der Waals surface area contributed by atoms with Crippen molar-refractivity contribution in [2.75, 3.05) is 19.7 Å². The maximum Gasteiger partial charge on any atom is 0.257 e. The van der Waals surface area contributed by atoms with Crippen molar-refractivity contribution >= 4 is 5.91 Å². The fourth-order valence-electron chi connectivity index (χ4n) is 2.44. The first-order valence-electron chi connectivity index (χ1n) is 7.03. The SMILES string of the molecule is CCN(CC)C(=O)c1coc([C@@H]2O[C@H](CO)[C@@H](O)[C@H]2O)c1. The molecule has 1 fully saturated rings. The van der Waals surface area contributed by atoms with Gasteiger partial charge in [0.05, 0.1) is 12.2 Å². The van der Waals surface area contributed by atoms with E-state index < -0.39 is 31.0 Å². The maximum atomic E-state index is 12.2. The van der Waals surface area contributed by atoms with E-state index in [1.165, 1.54) is 12.3 Å². The molecule has 0 bridgehead atoms. The van der Waals surface area contributed by atoms with Crippen LogP contribution in [0.1, 0.15) is 36.1 Å². The van der Waals surface area contributed by atoms with Crippen LogP contribution in [0.15, 0.2) is 16.7 Å². The Morgan fingerprint density at radius 2 is 1.95 bits per heavy atom. The minimum atomic E-state index is -1.20. The molecule has 3 N–H and O–H groups in total. The Labute approximate surface area is 122 Å². The van der Waals surface area contributed by atoms with E-state index in [1.54, 1.807) is 4.90 Å². The number of carbonyl (C=O) groups is 1. The molecule has 1 amide bonds. The predicted molar refractivity (Wildman–Crippen MR) is 72.7 cm³/mol. The van der Waals surface area contributed by atoms with Gasteiger partial charge in [-0.25, -0.2) is 0 Å². The molecule has 0 unspecified atom stereocenters. The van der Waals surface area contributed by atoms with Gasteiger partial charge in [-0.3, -0.25) is 4.79 Å². The van der Waals surface area contributed by atoms with Gasteiger partial charge in [0.25, 0.3) is 5.91 Å². The van der Waals surface area contributed by atoms with Crippen molar-refractivity contribution in [1.82, 2.24) is 4.90 Å². The Kier molecular flexibility index (Phi) is 5.00. The lowest BCUT2D eigenvalue weighted by molar-refractivity contribution is -0.0290. The summed E-state index contributed by atoms with van der Waals surface area (Å²) in [7, 11) is 0. The molecule has 7 nitrogen and oxygen atoms in total. The summed E-state index contributed by atoms with van der Waals surface area (Å²) < 4.78 is 10.7. The lowest BCUT2D eigenvalue weighted by Gasteiger charge is -2.17. The number of hydrogen-bond donors (Lipinski definition) is 3. The third-order valence-corrected chi connectivity index (χ3v) is 3.74. The molecule has 2 heterocycles. The van der Waals surface area contributed by atoms with E-state index in [-0.39, 0.29) is 11.7 Å². The number of aliphatic hydroxyl groups is 3. The number of aliphatic hydroxyl groups excluding tert-OH is 3. The first-order chi connectivity index (χ1) is 10.0.